The van der Waals surface area contributed by atoms with Gasteiger partial charge >= 0.3 is 0 Å². The van der Waals surface area contributed by atoms with Crippen LogP contribution in [0.25, 0.3) is 11.4 Å². The van der Waals surface area contributed by atoms with Gasteiger partial charge in [0.15, 0.2) is 5.96 Å². The number of rotatable bonds is 7. The summed E-state index contributed by atoms with van der Waals surface area (Å²) in [7, 11) is 1.81. The van der Waals surface area contributed by atoms with E-state index in [2.05, 4.69) is 25.3 Å². The van der Waals surface area contributed by atoms with Crippen LogP contribution >= 0.6 is 35.6 Å². The Balaban J connectivity index is 0.00000289. The summed E-state index contributed by atoms with van der Waals surface area (Å²) in [5.74, 6) is 2.03. The monoisotopic (exact) mass is 575 g/mol. The molecule has 2 fully saturated rings. The fourth-order valence-electron chi connectivity index (χ4n) is 3.97. The van der Waals surface area contributed by atoms with E-state index in [-0.39, 0.29) is 30.1 Å². The van der Waals surface area contributed by atoms with Gasteiger partial charge in [-0.2, -0.15) is 4.98 Å². The average molecular weight is 576 g/mol. The summed E-state index contributed by atoms with van der Waals surface area (Å²) in [5, 5.41) is 8.11. The second kappa shape index (κ2) is 12.7. The van der Waals surface area contributed by atoms with Crippen LogP contribution in [0.4, 0.5) is 0 Å². The number of ether oxygens (including phenoxy) is 2. The number of nitrogens with one attached hydrogen (secondary N) is 1. The number of benzene rings is 1. The molecule has 0 bridgehead atoms. The van der Waals surface area contributed by atoms with Crippen LogP contribution in [-0.2, 0) is 15.9 Å². The minimum atomic E-state index is 0. The summed E-state index contributed by atoms with van der Waals surface area (Å²) in [4.78, 5) is 11.2. The van der Waals surface area contributed by atoms with E-state index in [9.17, 15) is 0 Å². The highest BCUT2D eigenvalue weighted by atomic mass is 127. The predicted octanol–water partition coefficient (Wildman–Crippen LogP) is 3.79. The molecule has 0 saturated carbocycles. The van der Waals surface area contributed by atoms with E-state index in [1.165, 1.54) is 0 Å². The first-order valence-electron chi connectivity index (χ1n) is 11.0. The van der Waals surface area contributed by atoms with Crippen LogP contribution in [0.15, 0.2) is 33.8 Å². The van der Waals surface area contributed by atoms with E-state index in [1.807, 2.05) is 31.3 Å². The summed E-state index contributed by atoms with van der Waals surface area (Å²) in [6.07, 6.45) is 5.49. The van der Waals surface area contributed by atoms with Crippen LogP contribution in [0, 0.1) is 0 Å². The summed E-state index contributed by atoms with van der Waals surface area (Å²) in [6.45, 7) is 4.11. The van der Waals surface area contributed by atoms with Crippen molar-refractivity contribution >= 4 is 41.5 Å². The van der Waals surface area contributed by atoms with E-state index in [0.29, 0.717) is 35.8 Å². The number of aromatic nitrogens is 2. The third kappa shape index (κ3) is 7.03. The fourth-order valence-corrected chi connectivity index (χ4v) is 4.16. The summed E-state index contributed by atoms with van der Waals surface area (Å²) >= 11 is 6.04. The number of likely N-dealkylation sites (tertiary alicyclic amines) is 1. The van der Waals surface area contributed by atoms with Crippen molar-refractivity contribution in [1.29, 1.82) is 0 Å². The first kappa shape index (κ1) is 25.2. The van der Waals surface area contributed by atoms with Gasteiger partial charge in [-0.25, -0.2) is 0 Å². The van der Waals surface area contributed by atoms with Crippen molar-refractivity contribution in [3.63, 3.8) is 0 Å². The molecule has 176 valence electrons. The van der Waals surface area contributed by atoms with Gasteiger partial charge in [0.2, 0.25) is 11.7 Å². The van der Waals surface area contributed by atoms with Gasteiger partial charge < -0.3 is 24.2 Å². The van der Waals surface area contributed by atoms with Crippen LogP contribution in [-0.4, -0.2) is 73.1 Å². The molecule has 1 N–H and O–H groups in total. The number of halogens is 2. The number of hydrogen-bond donors (Lipinski definition) is 1. The molecule has 1 unspecified atom stereocenters. The molecule has 4 rings (SSSR count). The van der Waals surface area contributed by atoms with Gasteiger partial charge in [0, 0.05) is 50.3 Å². The molecule has 2 saturated heterocycles. The smallest absolute Gasteiger partial charge is 0.228 e. The zero-order chi connectivity index (χ0) is 21.5. The van der Waals surface area contributed by atoms with Gasteiger partial charge in [-0.3, -0.25) is 4.99 Å². The van der Waals surface area contributed by atoms with Crippen molar-refractivity contribution in [3.8, 4) is 11.4 Å². The Morgan fingerprint density at radius 2 is 2.16 bits per heavy atom. The molecule has 0 aliphatic carbocycles. The highest BCUT2D eigenvalue weighted by Crippen LogP contribution is 2.20. The van der Waals surface area contributed by atoms with Gasteiger partial charge in [-0.05, 0) is 37.8 Å². The first-order valence-corrected chi connectivity index (χ1v) is 11.4. The van der Waals surface area contributed by atoms with Crippen LogP contribution < -0.4 is 5.32 Å². The fraction of sp³-hybridized carbons (Fsp3) is 0.591. The molecule has 1 aromatic heterocycles. The molecular weight excluding hydrogens is 545 g/mol. The van der Waals surface area contributed by atoms with Crippen LogP contribution in [0.2, 0.25) is 5.02 Å². The van der Waals surface area contributed by atoms with Crippen LogP contribution in [0.5, 0.6) is 0 Å². The molecule has 0 amide bonds. The first-order chi connectivity index (χ1) is 15.2. The van der Waals surface area contributed by atoms with E-state index >= 15 is 0 Å². The number of hydrogen-bond acceptors (Lipinski definition) is 6. The normalized spacial score (nSPS) is 19.8. The number of nitrogens with zero attached hydrogens (tertiary/aromatic N) is 4. The minimum Gasteiger partial charge on any atom is -0.376 e. The second-order valence-corrected chi connectivity index (χ2v) is 8.34. The Morgan fingerprint density at radius 1 is 1.31 bits per heavy atom. The Morgan fingerprint density at radius 3 is 2.88 bits per heavy atom. The third-order valence-corrected chi connectivity index (χ3v) is 5.90. The van der Waals surface area contributed by atoms with Crippen molar-refractivity contribution in [2.75, 3.05) is 39.9 Å². The van der Waals surface area contributed by atoms with Crippen molar-refractivity contribution in [3.05, 3.63) is 35.2 Å². The lowest BCUT2D eigenvalue weighted by molar-refractivity contribution is -0.0367. The highest BCUT2D eigenvalue weighted by Gasteiger charge is 2.24. The number of aliphatic imine (C=N–C) groups is 1. The SMILES string of the molecule is CN=C(NCCc1nc(-c2cccc(Cl)c2)no1)N1CCC(OCC2CCCO2)CC1.I. The van der Waals surface area contributed by atoms with E-state index < -0.39 is 0 Å². The molecular formula is C22H31ClIN5O3. The van der Waals surface area contributed by atoms with Crippen LogP contribution in [0.3, 0.4) is 0 Å². The van der Waals surface area contributed by atoms with Gasteiger partial charge in [0.25, 0.3) is 0 Å². The molecule has 2 aromatic rings. The molecule has 3 heterocycles. The van der Waals surface area contributed by atoms with E-state index in [1.54, 1.807) is 0 Å². The average Bonchev–Trinajstić information content (AvgIpc) is 3.48. The summed E-state index contributed by atoms with van der Waals surface area (Å²) in [5.41, 5.74) is 0.843. The van der Waals surface area contributed by atoms with Crippen molar-refractivity contribution < 1.29 is 14.0 Å². The number of guanidine groups is 1. The lowest BCUT2D eigenvalue weighted by atomic mass is 10.1. The standard InChI is InChI=1S/C22H30ClN5O3.HI/c1-24-22(28-11-8-18(9-12-28)30-15-19-6-3-13-29-19)25-10-7-20-26-21(27-31-20)16-4-2-5-17(23)14-16;/h2,4-5,14,18-19H,3,6-13,15H2,1H3,(H,24,25);1H. The van der Waals surface area contributed by atoms with E-state index in [4.69, 9.17) is 25.6 Å². The predicted molar refractivity (Wildman–Crippen MR) is 135 cm³/mol. The topological polar surface area (TPSA) is 85.0 Å². The van der Waals surface area contributed by atoms with Crippen LogP contribution in [0.1, 0.15) is 31.6 Å². The largest absolute Gasteiger partial charge is 0.376 e. The molecule has 10 heteroatoms. The Bertz CT molecular complexity index is 867. The quantitative estimate of drug-likeness (QED) is 0.306. The summed E-state index contributed by atoms with van der Waals surface area (Å²) < 4.78 is 17.1. The zero-order valence-electron chi connectivity index (χ0n) is 18.3. The van der Waals surface area contributed by atoms with Crippen molar-refractivity contribution in [2.45, 2.75) is 44.3 Å². The molecule has 8 nitrogen and oxygen atoms in total. The molecule has 1 aromatic carbocycles. The lowest BCUT2D eigenvalue weighted by Gasteiger charge is -2.34. The van der Waals surface area contributed by atoms with Crippen molar-refractivity contribution in [2.24, 2.45) is 4.99 Å². The molecule has 1 atom stereocenters. The minimum absolute atomic E-state index is 0. The molecule has 0 spiro atoms. The maximum Gasteiger partial charge on any atom is 0.228 e. The molecule has 2 aliphatic heterocycles. The maximum absolute atomic E-state index is 6.07. The van der Waals surface area contributed by atoms with Gasteiger partial charge in [-0.15, -0.1) is 24.0 Å². The molecule has 0 radical (unpaired) electrons. The second-order valence-electron chi connectivity index (χ2n) is 7.90. The zero-order valence-corrected chi connectivity index (χ0v) is 21.4. The highest BCUT2D eigenvalue weighted by molar-refractivity contribution is 14.0. The molecule has 32 heavy (non-hydrogen) atoms. The van der Waals surface area contributed by atoms with Gasteiger partial charge in [0.05, 0.1) is 18.8 Å². The maximum atomic E-state index is 6.07. The lowest BCUT2D eigenvalue weighted by Crippen LogP contribution is -2.47. The van der Waals surface area contributed by atoms with Crippen molar-refractivity contribution in [1.82, 2.24) is 20.4 Å². The third-order valence-electron chi connectivity index (χ3n) is 5.67. The summed E-state index contributed by atoms with van der Waals surface area (Å²) in [6, 6.07) is 7.43. The Hall–Kier alpha value is -1.43. The van der Waals surface area contributed by atoms with E-state index in [0.717, 1.165) is 63.5 Å². The Labute approximate surface area is 211 Å². The van der Waals surface area contributed by atoms with Gasteiger partial charge in [-0.1, -0.05) is 28.9 Å². The van der Waals surface area contributed by atoms with Gasteiger partial charge in [0.1, 0.15) is 0 Å². The Kier molecular flexibility index (Phi) is 10.0. The number of piperidine rings is 1. The molecule has 2 aliphatic rings.